The largest absolute Gasteiger partial charge is 0.477 e. The highest BCUT2D eigenvalue weighted by atomic mass is 16.5. The molecule has 0 radical (unpaired) electrons. The molecule has 0 aliphatic carbocycles. The molecule has 5 heteroatoms. The van der Waals surface area contributed by atoms with E-state index in [0.29, 0.717) is 0 Å². The van der Waals surface area contributed by atoms with E-state index < -0.39 is 18.3 Å². The van der Waals surface area contributed by atoms with Gasteiger partial charge in [0.25, 0.3) is 5.79 Å². The minimum absolute atomic E-state index is 0.706. The van der Waals surface area contributed by atoms with Gasteiger partial charge in [-0.15, -0.1) is 0 Å². The van der Waals surface area contributed by atoms with Crippen LogP contribution in [0.1, 0.15) is 0 Å². The van der Waals surface area contributed by atoms with Crippen molar-refractivity contribution in [3.05, 3.63) is 0 Å². The van der Waals surface area contributed by atoms with Crippen LogP contribution in [0.25, 0.3) is 0 Å². The van der Waals surface area contributed by atoms with Crippen LogP contribution in [-0.2, 0) is 4.79 Å². The van der Waals surface area contributed by atoms with E-state index in [1.165, 1.54) is 0 Å². The van der Waals surface area contributed by atoms with Crippen LogP contribution in [-0.4, -0.2) is 33.6 Å². The number of nitrogens with two attached hydrogens (primary N) is 1. The van der Waals surface area contributed by atoms with Crippen LogP contribution in [0.15, 0.2) is 0 Å². The number of aliphatic carboxylic acids is 1. The van der Waals surface area contributed by atoms with Gasteiger partial charge in [-0.3, -0.25) is 0 Å². The number of hydrogen-bond donors (Lipinski definition) is 4. The van der Waals surface area contributed by atoms with Crippen LogP contribution in [0, 0.1) is 0 Å². The Bertz CT molecular complexity index is 99.5. The molecule has 48 valence electrons. The summed E-state index contributed by atoms with van der Waals surface area (Å²) in [5.41, 5.74) is 4.63. The Morgan fingerprint density at radius 3 is 2.00 bits per heavy atom. The SMILES string of the molecule is NCC(O)(O)C(=O)O. The van der Waals surface area contributed by atoms with Crippen molar-refractivity contribution in [2.45, 2.75) is 5.79 Å². The van der Waals surface area contributed by atoms with Crippen LogP contribution in [0.4, 0.5) is 0 Å². The molecule has 0 unspecified atom stereocenters. The number of carbonyl (C=O) groups is 1. The molecule has 0 heterocycles. The van der Waals surface area contributed by atoms with E-state index >= 15 is 0 Å². The van der Waals surface area contributed by atoms with Crippen LogP contribution < -0.4 is 5.73 Å². The molecule has 8 heavy (non-hydrogen) atoms. The van der Waals surface area contributed by atoms with Crippen molar-refractivity contribution in [2.24, 2.45) is 5.73 Å². The topological polar surface area (TPSA) is 104 Å². The molecule has 0 fully saturated rings. The maximum Gasteiger partial charge on any atom is 0.365 e. The van der Waals surface area contributed by atoms with Gasteiger partial charge in [0.05, 0.1) is 6.54 Å². The highest BCUT2D eigenvalue weighted by Crippen LogP contribution is 1.93. The second kappa shape index (κ2) is 2.08. The zero-order valence-electron chi connectivity index (χ0n) is 4.03. The molecular weight excluding hydrogens is 114 g/mol. The molecule has 0 aromatic rings. The van der Waals surface area contributed by atoms with Crippen LogP contribution in [0.2, 0.25) is 0 Å². The first-order valence-electron chi connectivity index (χ1n) is 1.89. The molecule has 5 N–H and O–H groups in total. The summed E-state index contributed by atoms with van der Waals surface area (Å²) in [6.45, 7) is -0.706. The molecule has 0 amide bonds. The summed E-state index contributed by atoms with van der Waals surface area (Å²) in [5.74, 6) is -4.50. The maximum atomic E-state index is 9.67. The van der Waals surface area contributed by atoms with Crippen molar-refractivity contribution in [1.29, 1.82) is 0 Å². The Morgan fingerprint density at radius 2 is 2.00 bits per heavy atom. The first-order chi connectivity index (χ1) is 3.50. The molecule has 0 rings (SSSR count). The van der Waals surface area contributed by atoms with Crippen molar-refractivity contribution in [3.8, 4) is 0 Å². The van der Waals surface area contributed by atoms with Gasteiger partial charge in [-0.2, -0.15) is 0 Å². The van der Waals surface area contributed by atoms with Crippen LogP contribution >= 0.6 is 0 Å². The number of rotatable bonds is 2. The fourth-order valence-corrected chi connectivity index (χ4v) is 0.0873. The quantitative estimate of drug-likeness (QED) is 0.308. The van der Waals surface area contributed by atoms with E-state index in [4.69, 9.17) is 15.3 Å². The van der Waals surface area contributed by atoms with Gasteiger partial charge < -0.3 is 21.1 Å². The minimum atomic E-state index is -2.76. The highest BCUT2D eigenvalue weighted by Gasteiger charge is 2.30. The average molecular weight is 121 g/mol. The second-order valence-electron chi connectivity index (χ2n) is 1.33. The maximum absolute atomic E-state index is 9.67. The summed E-state index contributed by atoms with van der Waals surface area (Å²) in [6.07, 6.45) is 0. The third-order valence-electron chi connectivity index (χ3n) is 0.627. The van der Waals surface area contributed by atoms with Crippen molar-refractivity contribution in [3.63, 3.8) is 0 Å². The third kappa shape index (κ3) is 1.45. The smallest absolute Gasteiger partial charge is 0.365 e. The van der Waals surface area contributed by atoms with Crippen LogP contribution in [0.3, 0.4) is 0 Å². The van der Waals surface area contributed by atoms with Crippen molar-refractivity contribution in [1.82, 2.24) is 0 Å². The molecule has 0 saturated heterocycles. The molecule has 0 aliphatic rings. The lowest BCUT2D eigenvalue weighted by Crippen LogP contribution is -2.45. The number of carboxylic acids is 1. The van der Waals surface area contributed by atoms with Gasteiger partial charge in [0.1, 0.15) is 0 Å². The molecule has 0 aromatic carbocycles. The van der Waals surface area contributed by atoms with Crippen molar-refractivity contribution < 1.29 is 20.1 Å². The van der Waals surface area contributed by atoms with E-state index in [-0.39, 0.29) is 0 Å². The van der Waals surface area contributed by atoms with Crippen molar-refractivity contribution in [2.75, 3.05) is 6.54 Å². The van der Waals surface area contributed by atoms with Gasteiger partial charge in [-0.25, -0.2) is 4.79 Å². The molecular formula is C3H7NO4. The van der Waals surface area contributed by atoms with E-state index in [9.17, 15) is 4.79 Å². The first-order valence-corrected chi connectivity index (χ1v) is 1.89. The summed E-state index contributed by atoms with van der Waals surface area (Å²) in [4.78, 5) is 9.67. The van der Waals surface area contributed by atoms with E-state index in [1.54, 1.807) is 0 Å². The number of carboxylic acid groups (broad SMARTS) is 1. The van der Waals surface area contributed by atoms with Gasteiger partial charge in [0.15, 0.2) is 0 Å². The predicted octanol–water partition coefficient (Wildman–Crippen LogP) is -2.29. The average Bonchev–Trinajstić information content (AvgIpc) is 1.67. The van der Waals surface area contributed by atoms with Gasteiger partial charge >= 0.3 is 5.97 Å². The molecule has 0 aromatic heterocycles. The Morgan fingerprint density at radius 1 is 1.62 bits per heavy atom. The summed E-state index contributed by atoms with van der Waals surface area (Å²) in [7, 11) is 0. The molecule has 5 nitrogen and oxygen atoms in total. The first kappa shape index (κ1) is 7.35. The second-order valence-corrected chi connectivity index (χ2v) is 1.33. The minimum Gasteiger partial charge on any atom is -0.477 e. The van der Waals surface area contributed by atoms with Gasteiger partial charge in [-0.1, -0.05) is 0 Å². The lowest BCUT2D eigenvalue weighted by Gasteiger charge is -2.11. The Hall–Kier alpha value is -0.650. The van der Waals surface area contributed by atoms with Gasteiger partial charge in [-0.05, 0) is 0 Å². The summed E-state index contributed by atoms with van der Waals surface area (Å²) in [6, 6.07) is 0. The Kier molecular flexibility index (Phi) is 1.91. The standard InChI is InChI=1S/C3H7NO4/c4-1-3(7,8)2(5)6/h7-8H,1,4H2,(H,5,6). The Balaban J connectivity index is 3.91. The summed E-state index contributed by atoms with van der Waals surface area (Å²) >= 11 is 0. The molecule has 0 aliphatic heterocycles. The van der Waals surface area contributed by atoms with Gasteiger partial charge in [0, 0.05) is 0 Å². The fraction of sp³-hybridized carbons (Fsp3) is 0.667. The normalized spacial score (nSPS) is 11.4. The molecule has 0 saturated carbocycles. The zero-order chi connectivity index (χ0) is 6.78. The molecule has 0 spiro atoms. The summed E-state index contributed by atoms with van der Waals surface area (Å²) < 4.78 is 0. The Labute approximate surface area is 45.4 Å². The predicted molar refractivity (Wildman–Crippen MR) is 23.9 cm³/mol. The molecule has 0 bridgehead atoms. The number of aliphatic hydroxyl groups is 2. The van der Waals surface area contributed by atoms with E-state index in [0.717, 1.165) is 0 Å². The molecule has 0 atom stereocenters. The van der Waals surface area contributed by atoms with Crippen molar-refractivity contribution >= 4 is 5.97 Å². The monoisotopic (exact) mass is 121 g/mol. The summed E-state index contributed by atoms with van der Waals surface area (Å²) in [5, 5.41) is 24.3. The fourth-order valence-electron chi connectivity index (χ4n) is 0.0873. The number of hydrogen-bond acceptors (Lipinski definition) is 4. The van der Waals surface area contributed by atoms with E-state index in [1.807, 2.05) is 0 Å². The lowest BCUT2D eigenvalue weighted by atomic mass is 10.3. The van der Waals surface area contributed by atoms with Gasteiger partial charge in [0.2, 0.25) is 0 Å². The zero-order valence-corrected chi connectivity index (χ0v) is 4.03. The third-order valence-corrected chi connectivity index (χ3v) is 0.627. The lowest BCUT2D eigenvalue weighted by molar-refractivity contribution is -0.199. The van der Waals surface area contributed by atoms with Crippen LogP contribution in [0.5, 0.6) is 0 Å². The van der Waals surface area contributed by atoms with E-state index in [2.05, 4.69) is 5.73 Å². The highest BCUT2D eigenvalue weighted by molar-refractivity contribution is 5.75.